The molecular weight excluding hydrogens is 184 g/mol. The molecule has 0 bridgehead atoms. The van der Waals surface area contributed by atoms with Crippen LogP contribution >= 0.6 is 0 Å². The highest BCUT2D eigenvalue weighted by Crippen LogP contribution is 1.93. The van der Waals surface area contributed by atoms with Crippen molar-refractivity contribution in [3.05, 3.63) is 5.21 Å². The van der Waals surface area contributed by atoms with Gasteiger partial charge in [0.15, 0.2) is 0 Å². The molecule has 0 saturated carbocycles. The highest BCUT2D eigenvalue weighted by atomic mass is 16.5. The molecule has 14 heavy (non-hydrogen) atoms. The lowest BCUT2D eigenvalue weighted by Crippen LogP contribution is -2.36. The Morgan fingerprint density at radius 3 is 2.64 bits per heavy atom. The van der Waals surface area contributed by atoms with Crippen LogP contribution in [-0.2, 0) is 9.53 Å². The highest BCUT2D eigenvalue weighted by Gasteiger charge is 2.03. The molecule has 0 heterocycles. The van der Waals surface area contributed by atoms with Gasteiger partial charge in [-0.1, -0.05) is 0 Å². The summed E-state index contributed by atoms with van der Waals surface area (Å²) >= 11 is 0. The summed E-state index contributed by atoms with van der Waals surface area (Å²) in [6.07, 6.45) is 0.689. The van der Waals surface area contributed by atoms with Gasteiger partial charge in [-0.3, -0.25) is 4.79 Å². The Morgan fingerprint density at radius 2 is 2.14 bits per heavy atom. The minimum Gasteiger partial charge on any atom is -0.633 e. The Balaban J connectivity index is 3.32. The van der Waals surface area contributed by atoms with Gasteiger partial charge in [-0.15, -0.1) is 0 Å². The molecule has 0 aliphatic rings. The van der Waals surface area contributed by atoms with Gasteiger partial charge in [0.1, 0.15) is 6.61 Å². The Morgan fingerprint density at radius 1 is 1.50 bits per heavy atom. The summed E-state index contributed by atoms with van der Waals surface area (Å²) in [4.78, 5) is 11.0. The number of hydrogen-bond acceptors (Lipinski definition) is 3. The monoisotopic (exact) mass is 204 g/mol. The first kappa shape index (κ1) is 13.4. The zero-order valence-electron chi connectivity index (χ0n) is 9.21. The summed E-state index contributed by atoms with van der Waals surface area (Å²) in [6, 6.07) is 0. The number of amides is 1. The van der Waals surface area contributed by atoms with Crippen molar-refractivity contribution < 1.29 is 14.2 Å². The fourth-order valence-electron chi connectivity index (χ4n) is 0.933. The van der Waals surface area contributed by atoms with Crippen molar-refractivity contribution in [2.24, 2.45) is 0 Å². The van der Waals surface area contributed by atoms with E-state index in [4.69, 9.17) is 4.74 Å². The van der Waals surface area contributed by atoms with Crippen LogP contribution in [0.15, 0.2) is 0 Å². The standard InChI is InChI=1S/C9H20N2O3/c1-4-14-8-9(12)10-6-5-7-11(2,3)13/h4-8H2,1-3H3,(H,10,12). The molecule has 0 unspecified atom stereocenters. The van der Waals surface area contributed by atoms with Gasteiger partial charge in [0.25, 0.3) is 0 Å². The fourth-order valence-corrected chi connectivity index (χ4v) is 0.933. The first-order valence-electron chi connectivity index (χ1n) is 4.84. The molecule has 5 heteroatoms. The summed E-state index contributed by atoms with van der Waals surface area (Å²) in [5.41, 5.74) is 0. The quantitative estimate of drug-likeness (QED) is 0.363. The molecule has 1 N–H and O–H groups in total. The third kappa shape index (κ3) is 9.44. The van der Waals surface area contributed by atoms with Crippen LogP contribution in [0, 0.1) is 5.21 Å². The second-order valence-corrected chi connectivity index (χ2v) is 3.64. The number of nitrogens with zero attached hydrogens (tertiary/aromatic N) is 1. The molecular formula is C9H20N2O3. The van der Waals surface area contributed by atoms with Gasteiger partial charge in [0.2, 0.25) is 5.91 Å². The van der Waals surface area contributed by atoms with Crippen LogP contribution in [0.25, 0.3) is 0 Å². The van der Waals surface area contributed by atoms with Crippen LogP contribution in [0.1, 0.15) is 13.3 Å². The maximum atomic E-state index is 11.1. The largest absolute Gasteiger partial charge is 0.633 e. The molecule has 0 aliphatic heterocycles. The molecule has 0 aliphatic carbocycles. The Labute approximate surface area is 85.2 Å². The van der Waals surface area contributed by atoms with Gasteiger partial charge in [-0.2, -0.15) is 0 Å². The van der Waals surface area contributed by atoms with E-state index in [2.05, 4.69) is 5.32 Å². The maximum absolute atomic E-state index is 11.1. The van der Waals surface area contributed by atoms with E-state index in [1.807, 2.05) is 6.92 Å². The molecule has 0 aromatic carbocycles. The average Bonchev–Trinajstić information content (AvgIpc) is 2.07. The van der Waals surface area contributed by atoms with E-state index < -0.39 is 0 Å². The molecule has 0 aromatic rings. The summed E-state index contributed by atoms with van der Waals surface area (Å²) in [5.74, 6) is -0.122. The van der Waals surface area contributed by atoms with Crippen LogP contribution in [0.4, 0.5) is 0 Å². The van der Waals surface area contributed by atoms with Gasteiger partial charge >= 0.3 is 0 Å². The minimum atomic E-state index is -0.318. The van der Waals surface area contributed by atoms with Crippen molar-refractivity contribution >= 4 is 5.91 Å². The smallest absolute Gasteiger partial charge is 0.246 e. The van der Waals surface area contributed by atoms with E-state index in [0.717, 1.165) is 0 Å². The first-order valence-corrected chi connectivity index (χ1v) is 4.84. The lowest BCUT2D eigenvalue weighted by molar-refractivity contribution is -0.840. The number of hydrogen-bond donors (Lipinski definition) is 1. The predicted octanol–water partition coefficient (Wildman–Crippen LogP) is 0.103. The van der Waals surface area contributed by atoms with E-state index >= 15 is 0 Å². The number of ether oxygens (including phenoxy) is 1. The topological polar surface area (TPSA) is 61.4 Å². The molecule has 5 nitrogen and oxygen atoms in total. The number of rotatable bonds is 7. The third-order valence-corrected chi connectivity index (χ3v) is 1.63. The molecule has 0 spiro atoms. The van der Waals surface area contributed by atoms with Crippen LogP contribution < -0.4 is 5.32 Å². The molecule has 0 radical (unpaired) electrons. The van der Waals surface area contributed by atoms with Gasteiger partial charge in [-0.05, 0) is 6.92 Å². The van der Waals surface area contributed by atoms with E-state index in [9.17, 15) is 10.0 Å². The van der Waals surface area contributed by atoms with Crippen molar-refractivity contribution in [2.75, 3.05) is 40.4 Å². The van der Waals surface area contributed by atoms with Crippen LogP contribution in [-0.4, -0.2) is 51.0 Å². The summed E-state index contributed by atoms with van der Waals surface area (Å²) in [6.45, 7) is 3.53. The van der Waals surface area contributed by atoms with Crippen LogP contribution in [0.5, 0.6) is 0 Å². The summed E-state index contributed by atoms with van der Waals surface area (Å²) in [7, 11) is 3.17. The molecule has 0 atom stereocenters. The van der Waals surface area contributed by atoms with Crippen LogP contribution in [0.2, 0.25) is 0 Å². The Kier molecular flexibility index (Phi) is 6.44. The van der Waals surface area contributed by atoms with E-state index in [1.54, 1.807) is 14.1 Å². The summed E-state index contributed by atoms with van der Waals surface area (Å²) < 4.78 is 4.60. The Hall–Kier alpha value is -0.650. The molecule has 0 fully saturated rings. The van der Waals surface area contributed by atoms with Crippen molar-refractivity contribution in [1.82, 2.24) is 5.32 Å². The van der Waals surface area contributed by atoms with Gasteiger partial charge in [-0.25, -0.2) is 0 Å². The Bertz CT molecular complexity index is 166. The molecule has 0 rings (SSSR count). The van der Waals surface area contributed by atoms with Crippen molar-refractivity contribution in [1.29, 1.82) is 0 Å². The maximum Gasteiger partial charge on any atom is 0.246 e. The predicted molar refractivity (Wildman–Crippen MR) is 54.5 cm³/mol. The van der Waals surface area contributed by atoms with Gasteiger partial charge in [0, 0.05) is 19.6 Å². The molecule has 0 saturated heterocycles. The van der Waals surface area contributed by atoms with Gasteiger partial charge in [0.05, 0.1) is 20.6 Å². The van der Waals surface area contributed by atoms with E-state index in [0.29, 0.717) is 26.1 Å². The van der Waals surface area contributed by atoms with Gasteiger partial charge < -0.3 is 19.9 Å². The molecule has 1 amide bonds. The van der Waals surface area contributed by atoms with Crippen molar-refractivity contribution in [3.63, 3.8) is 0 Å². The number of nitrogens with one attached hydrogen (secondary N) is 1. The first-order chi connectivity index (χ1) is 6.45. The molecule has 0 aromatic heterocycles. The number of quaternary nitrogens is 1. The number of carbonyl (C=O) groups is 1. The van der Waals surface area contributed by atoms with Crippen LogP contribution in [0.3, 0.4) is 0 Å². The van der Waals surface area contributed by atoms with Crippen molar-refractivity contribution in [3.8, 4) is 0 Å². The second kappa shape index (κ2) is 6.75. The van der Waals surface area contributed by atoms with E-state index in [-0.39, 0.29) is 17.2 Å². The number of carbonyl (C=O) groups excluding carboxylic acids is 1. The minimum absolute atomic E-state index is 0.103. The molecule has 84 valence electrons. The van der Waals surface area contributed by atoms with Crippen molar-refractivity contribution in [2.45, 2.75) is 13.3 Å². The van der Waals surface area contributed by atoms with E-state index in [1.165, 1.54) is 0 Å². The zero-order chi connectivity index (χ0) is 11.0. The lowest BCUT2D eigenvalue weighted by atomic mass is 10.4. The number of hydroxylamine groups is 3. The normalized spacial score (nSPS) is 11.4. The fraction of sp³-hybridized carbons (Fsp3) is 0.889. The average molecular weight is 204 g/mol. The summed E-state index contributed by atoms with van der Waals surface area (Å²) in [5, 5.41) is 13.8. The lowest BCUT2D eigenvalue weighted by Gasteiger charge is -2.33. The second-order valence-electron chi connectivity index (χ2n) is 3.64. The SMILES string of the molecule is CCOCC(=O)NCCC[N+](C)(C)[O-]. The highest BCUT2D eigenvalue weighted by molar-refractivity contribution is 5.77. The third-order valence-electron chi connectivity index (χ3n) is 1.63. The zero-order valence-corrected chi connectivity index (χ0v) is 9.21.